The zero-order valence-electron chi connectivity index (χ0n) is 12.1. The summed E-state index contributed by atoms with van der Waals surface area (Å²) in [7, 11) is 1.78. The molecule has 2 rings (SSSR count). The number of ether oxygens (including phenoxy) is 1. The highest BCUT2D eigenvalue weighted by atomic mass is 16.5. The smallest absolute Gasteiger partial charge is 0.141 e. The first-order valence-corrected chi connectivity index (χ1v) is 7.01. The van der Waals surface area contributed by atoms with Crippen molar-refractivity contribution in [1.29, 1.82) is 0 Å². The normalized spacial score (nSPS) is 25.1. The number of piperidine rings is 1. The van der Waals surface area contributed by atoms with Crippen LogP contribution in [0.25, 0.3) is 0 Å². The molecule has 0 spiro atoms. The molecule has 2 N–H and O–H groups in total. The van der Waals surface area contributed by atoms with Crippen molar-refractivity contribution < 1.29 is 4.74 Å². The van der Waals surface area contributed by atoms with E-state index in [1.165, 1.54) is 0 Å². The number of methoxy groups -OCH3 is 1. The van der Waals surface area contributed by atoms with E-state index in [1.54, 1.807) is 13.4 Å². The van der Waals surface area contributed by atoms with E-state index >= 15 is 0 Å². The maximum atomic E-state index is 5.90. The van der Waals surface area contributed by atoms with Crippen molar-refractivity contribution in [2.45, 2.75) is 51.4 Å². The first-order chi connectivity index (χ1) is 9.15. The molecule has 1 aliphatic heterocycles. The molecule has 1 aromatic heterocycles. The number of nitrogens with zero attached hydrogens (tertiary/aromatic N) is 4. The highest BCUT2D eigenvalue weighted by molar-refractivity contribution is 4.91. The van der Waals surface area contributed by atoms with Gasteiger partial charge in [-0.15, -0.1) is 0 Å². The monoisotopic (exact) mass is 267 g/mol. The van der Waals surface area contributed by atoms with E-state index in [9.17, 15) is 0 Å². The summed E-state index contributed by atoms with van der Waals surface area (Å²) in [4.78, 5) is 6.78. The molecule has 2 heterocycles. The van der Waals surface area contributed by atoms with E-state index in [1.807, 2.05) is 4.68 Å². The second kappa shape index (κ2) is 6.45. The third-order valence-electron chi connectivity index (χ3n) is 3.88. The van der Waals surface area contributed by atoms with Crippen LogP contribution in [0.4, 0.5) is 0 Å². The highest BCUT2D eigenvalue weighted by Crippen LogP contribution is 2.21. The molecule has 0 radical (unpaired) electrons. The van der Waals surface area contributed by atoms with E-state index in [2.05, 4.69) is 28.8 Å². The third kappa shape index (κ3) is 3.32. The van der Waals surface area contributed by atoms with Crippen LogP contribution in [0.3, 0.4) is 0 Å². The molecule has 2 unspecified atom stereocenters. The predicted octanol–water partition coefficient (Wildman–Crippen LogP) is 0.797. The molecule has 19 heavy (non-hydrogen) atoms. The maximum Gasteiger partial charge on any atom is 0.141 e. The van der Waals surface area contributed by atoms with Crippen LogP contribution in [0.15, 0.2) is 6.33 Å². The van der Waals surface area contributed by atoms with E-state index in [0.29, 0.717) is 24.7 Å². The zero-order chi connectivity index (χ0) is 13.8. The Morgan fingerprint density at radius 3 is 2.95 bits per heavy atom. The van der Waals surface area contributed by atoms with Gasteiger partial charge in [0.1, 0.15) is 12.2 Å². The SMILES string of the molecule is COC1CCN(Cc2ncnn2C(C)C)C(CN)C1. The Balaban J connectivity index is 2.03. The van der Waals surface area contributed by atoms with Crippen LogP contribution < -0.4 is 5.73 Å². The number of rotatable bonds is 5. The zero-order valence-corrected chi connectivity index (χ0v) is 12.1. The van der Waals surface area contributed by atoms with Gasteiger partial charge in [0, 0.05) is 32.3 Å². The van der Waals surface area contributed by atoms with Crippen molar-refractivity contribution >= 4 is 0 Å². The summed E-state index contributed by atoms with van der Waals surface area (Å²) in [5.74, 6) is 1.02. The Kier molecular flexibility index (Phi) is 4.90. The lowest BCUT2D eigenvalue weighted by atomic mass is 9.99. The Labute approximate surface area is 114 Å². The second-order valence-corrected chi connectivity index (χ2v) is 5.46. The molecule has 6 heteroatoms. The predicted molar refractivity (Wildman–Crippen MR) is 73.7 cm³/mol. The fraction of sp³-hybridized carbons (Fsp3) is 0.846. The van der Waals surface area contributed by atoms with Crippen LogP contribution in [0.5, 0.6) is 0 Å². The summed E-state index contributed by atoms with van der Waals surface area (Å²) in [6.45, 7) is 6.73. The summed E-state index contributed by atoms with van der Waals surface area (Å²) in [6.07, 6.45) is 4.04. The molecule has 108 valence electrons. The number of hydrogen-bond donors (Lipinski definition) is 1. The molecule has 1 saturated heterocycles. The minimum absolute atomic E-state index is 0.338. The molecule has 0 aliphatic carbocycles. The average molecular weight is 267 g/mol. The number of hydrogen-bond acceptors (Lipinski definition) is 5. The second-order valence-electron chi connectivity index (χ2n) is 5.46. The minimum atomic E-state index is 0.338. The summed E-state index contributed by atoms with van der Waals surface area (Å²) in [5, 5.41) is 4.29. The van der Waals surface area contributed by atoms with Gasteiger partial charge in [0.2, 0.25) is 0 Å². The van der Waals surface area contributed by atoms with Crippen molar-refractivity contribution in [3.05, 3.63) is 12.2 Å². The van der Waals surface area contributed by atoms with E-state index in [4.69, 9.17) is 10.5 Å². The van der Waals surface area contributed by atoms with Gasteiger partial charge in [-0.1, -0.05) is 0 Å². The molecule has 2 atom stereocenters. The lowest BCUT2D eigenvalue weighted by Crippen LogP contribution is -2.48. The van der Waals surface area contributed by atoms with Crippen molar-refractivity contribution in [1.82, 2.24) is 19.7 Å². The van der Waals surface area contributed by atoms with Crippen molar-refractivity contribution in [2.24, 2.45) is 5.73 Å². The van der Waals surface area contributed by atoms with Crippen LogP contribution in [0.2, 0.25) is 0 Å². The Hall–Kier alpha value is -0.980. The van der Waals surface area contributed by atoms with Crippen molar-refractivity contribution in [3.8, 4) is 0 Å². The van der Waals surface area contributed by atoms with Crippen LogP contribution in [0, 0.1) is 0 Å². The van der Waals surface area contributed by atoms with Crippen LogP contribution >= 0.6 is 0 Å². The summed E-state index contributed by atoms with van der Waals surface area (Å²) in [6, 6.07) is 0.710. The van der Waals surface area contributed by atoms with E-state index in [0.717, 1.165) is 31.8 Å². The molecule has 0 amide bonds. The quantitative estimate of drug-likeness (QED) is 0.854. The van der Waals surface area contributed by atoms with Gasteiger partial charge in [0.05, 0.1) is 12.6 Å². The number of aromatic nitrogens is 3. The molecule has 1 aliphatic rings. The molecule has 6 nitrogen and oxygen atoms in total. The standard InChI is InChI=1S/C13H25N5O/c1-10(2)18-13(15-9-16-18)8-17-5-4-12(19-3)6-11(17)7-14/h9-12H,4-8,14H2,1-3H3. The van der Waals surface area contributed by atoms with E-state index < -0.39 is 0 Å². The minimum Gasteiger partial charge on any atom is -0.381 e. The van der Waals surface area contributed by atoms with Gasteiger partial charge in [-0.2, -0.15) is 5.10 Å². The fourth-order valence-corrected chi connectivity index (χ4v) is 2.73. The fourth-order valence-electron chi connectivity index (χ4n) is 2.73. The summed E-state index contributed by atoms with van der Waals surface area (Å²) >= 11 is 0. The van der Waals surface area contributed by atoms with Gasteiger partial charge < -0.3 is 10.5 Å². The first-order valence-electron chi connectivity index (χ1n) is 7.01. The largest absolute Gasteiger partial charge is 0.381 e. The molecule has 0 saturated carbocycles. The Morgan fingerprint density at radius 1 is 1.53 bits per heavy atom. The number of nitrogens with two attached hydrogens (primary N) is 1. The Bertz CT molecular complexity index is 392. The topological polar surface area (TPSA) is 69.2 Å². The van der Waals surface area contributed by atoms with Crippen molar-refractivity contribution in [3.63, 3.8) is 0 Å². The van der Waals surface area contributed by atoms with Gasteiger partial charge >= 0.3 is 0 Å². The molecule has 1 aromatic rings. The van der Waals surface area contributed by atoms with Gasteiger partial charge in [-0.25, -0.2) is 9.67 Å². The van der Waals surface area contributed by atoms with E-state index in [-0.39, 0.29) is 0 Å². The molecular formula is C13H25N5O. The molecule has 0 bridgehead atoms. The molecular weight excluding hydrogens is 242 g/mol. The van der Waals surface area contributed by atoms with Gasteiger partial charge in [0.25, 0.3) is 0 Å². The number of likely N-dealkylation sites (tertiary alicyclic amines) is 1. The average Bonchev–Trinajstić information content (AvgIpc) is 2.87. The summed E-state index contributed by atoms with van der Waals surface area (Å²) in [5.41, 5.74) is 5.90. The summed E-state index contributed by atoms with van der Waals surface area (Å²) < 4.78 is 7.44. The lowest BCUT2D eigenvalue weighted by Gasteiger charge is -2.38. The van der Waals surface area contributed by atoms with Gasteiger partial charge in [0.15, 0.2) is 0 Å². The highest BCUT2D eigenvalue weighted by Gasteiger charge is 2.28. The van der Waals surface area contributed by atoms with Crippen molar-refractivity contribution in [2.75, 3.05) is 20.2 Å². The van der Waals surface area contributed by atoms with Crippen LogP contribution in [-0.4, -0.2) is 52.0 Å². The molecule has 0 aromatic carbocycles. The molecule has 1 fully saturated rings. The lowest BCUT2D eigenvalue weighted by molar-refractivity contribution is 0.00873. The van der Waals surface area contributed by atoms with Gasteiger partial charge in [-0.3, -0.25) is 4.90 Å². The van der Waals surface area contributed by atoms with Crippen LogP contribution in [0.1, 0.15) is 38.6 Å². The van der Waals surface area contributed by atoms with Crippen LogP contribution in [-0.2, 0) is 11.3 Å². The van der Waals surface area contributed by atoms with Gasteiger partial charge in [-0.05, 0) is 26.7 Å². The third-order valence-corrected chi connectivity index (χ3v) is 3.88. The Morgan fingerprint density at radius 2 is 2.32 bits per heavy atom. The maximum absolute atomic E-state index is 5.90. The first kappa shape index (κ1) is 14.4.